The third kappa shape index (κ3) is 5.12. The van der Waals surface area contributed by atoms with Crippen LogP contribution in [0.1, 0.15) is 44.2 Å². The molecule has 0 bridgehead atoms. The molecule has 0 saturated carbocycles. The molecule has 2 aliphatic heterocycles. The van der Waals surface area contributed by atoms with Crippen molar-refractivity contribution in [3.63, 3.8) is 0 Å². The summed E-state index contributed by atoms with van der Waals surface area (Å²) in [6.45, 7) is 5.83. The smallest absolute Gasteiger partial charge is 0.237 e. The Kier molecular flexibility index (Phi) is 8.19. The van der Waals surface area contributed by atoms with Gasteiger partial charge in [0, 0.05) is 12.0 Å². The van der Waals surface area contributed by atoms with Gasteiger partial charge in [-0.2, -0.15) is 0 Å². The first-order chi connectivity index (χ1) is 12.2. The maximum Gasteiger partial charge on any atom is 0.237 e. The number of amides is 1. The van der Waals surface area contributed by atoms with Crippen LogP contribution in [0.25, 0.3) is 0 Å². The fourth-order valence-corrected chi connectivity index (χ4v) is 3.93. The normalized spacial score (nSPS) is 21.8. The Balaban J connectivity index is 0.00000243. The summed E-state index contributed by atoms with van der Waals surface area (Å²) in [6, 6.07) is 8.01. The summed E-state index contributed by atoms with van der Waals surface area (Å²) < 4.78 is 5.69. The third-order valence-corrected chi connectivity index (χ3v) is 5.65. The molecule has 0 aliphatic carbocycles. The second kappa shape index (κ2) is 10.1. The molecule has 2 unspecified atom stereocenters. The Bertz CT molecular complexity index is 576. The van der Waals surface area contributed by atoms with E-state index in [1.807, 2.05) is 32.2 Å². The second-order valence-electron chi connectivity index (χ2n) is 7.28. The van der Waals surface area contributed by atoms with Gasteiger partial charge in [-0.05, 0) is 64.9 Å². The van der Waals surface area contributed by atoms with Crippen LogP contribution < -0.4 is 15.4 Å². The van der Waals surface area contributed by atoms with Crippen molar-refractivity contribution in [3.05, 3.63) is 29.8 Å². The summed E-state index contributed by atoms with van der Waals surface area (Å²) in [7, 11) is 2.01. The quantitative estimate of drug-likeness (QED) is 0.795. The number of carbonyl (C=O) groups is 1. The molecule has 3 rings (SSSR count). The van der Waals surface area contributed by atoms with Crippen LogP contribution in [0.2, 0.25) is 0 Å². The van der Waals surface area contributed by atoms with Gasteiger partial charge in [-0.25, -0.2) is 0 Å². The van der Waals surface area contributed by atoms with Crippen molar-refractivity contribution >= 4 is 18.3 Å². The maximum absolute atomic E-state index is 12.8. The zero-order chi connectivity index (χ0) is 17.6. The molecule has 6 heteroatoms. The van der Waals surface area contributed by atoms with E-state index in [2.05, 4.69) is 21.6 Å². The summed E-state index contributed by atoms with van der Waals surface area (Å²) in [4.78, 5) is 15.1. The van der Waals surface area contributed by atoms with Crippen molar-refractivity contribution in [2.75, 3.05) is 33.3 Å². The number of halogens is 1. The van der Waals surface area contributed by atoms with E-state index in [9.17, 15) is 4.79 Å². The van der Waals surface area contributed by atoms with E-state index in [1.54, 1.807) is 0 Å². The number of hydrogen-bond acceptors (Lipinski definition) is 4. The summed E-state index contributed by atoms with van der Waals surface area (Å²) in [5.41, 5.74) is 1.10. The monoisotopic (exact) mass is 381 g/mol. The van der Waals surface area contributed by atoms with Gasteiger partial charge < -0.3 is 15.4 Å². The van der Waals surface area contributed by atoms with E-state index in [4.69, 9.17) is 4.74 Å². The average molecular weight is 382 g/mol. The molecular weight excluding hydrogens is 350 g/mol. The van der Waals surface area contributed by atoms with E-state index >= 15 is 0 Å². The third-order valence-electron chi connectivity index (χ3n) is 5.65. The number of likely N-dealkylation sites (tertiary alicyclic amines) is 1. The van der Waals surface area contributed by atoms with Crippen LogP contribution in [0, 0.1) is 5.92 Å². The maximum atomic E-state index is 12.8. The Morgan fingerprint density at radius 1 is 1.27 bits per heavy atom. The largest absolute Gasteiger partial charge is 0.493 e. The highest BCUT2D eigenvalue weighted by atomic mass is 35.5. The minimum Gasteiger partial charge on any atom is -0.493 e. The van der Waals surface area contributed by atoms with Crippen LogP contribution in [0.5, 0.6) is 5.75 Å². The van der Waals surface area contributed by atoms with E-state index in [1.165, 1.54) is 19.3 Å². The molecule has 1 aromatic carbocycles. The van der Waals surface area contributed by atoms with Gasteiger partial charge in [0.1, 0.15) is 5.75 Å². The topological polar surface area (TPSA) is 53.6 Å². The highest BCUT2D eigenvalue weighted by molar-refractivity contribution is 5.85. The van der Waals surface area contributed by atoms with Gasteiger partial charge in [0.15, 0.2) is 0 Å². The standard InChI is InChI=1S/C20H31N3O2.ClH/c1-15(23-12-8-16(9-13-23)7-11-21-2)20(24)22-18-10-14-25-19-6-4-3-5-17(18)19;/h3-6,15-16,18,21H,7-14H2,1-2H3,(H,22,24);1H. The summed E-state index contributed by atoms with van der Waals surface area (Å²) in [5, 5.41) is 6.48. The number of carbonyl (C=O) groups excluding carboxylic acids is 1. The summed E-state index contributed by atoms with van der Waals surface area (Å²) in [6.07, 6.45) is 4.46. The van der Waals surface area contributed by atoms with Crippen LogP contribution in [0.3, 0.4) is 0 Å². The van der Waals surface area contributed by atoms with E-state index in [0.717, 1.165) is 43.3 Å². The molecule has 0 radical (unpaired) electrons. The van der Waals surface area contributed by atoms with Crippen molar-refractivity contribution in [1.29, 1.82) is 0 Å². The number of rotatable bonds is 6. The van der Waals surface area contributed by atoms with Gasteiger partial charge in [-0.15, -0.1) is 12.4 Å². The molecule has 26 heavy (non-hydrogen) atoms. The molecular formula is C20H32ClN3O2. The minimum absolute atomic E-state index is 0. The second-order valence-corrected chi connectivity index (χ2v) is 7.28. The molecule has 1 fully saturated rings. The van der Waals surface area contributed by atoms with Gasteiger partial charge in [0.05, 0.1) is 18.7 Å². The van der Waals surface area contributed by atoms with Crippen molar-refractivity contribution in [2.24, 2.45) is 5.92 Å². The van der Waals surface area contributed by atoms with Gasteiger partial charge in [-0.3, -0.25) is 9.69 Å². The molecule has 0 spiro atoms. The number of nitrogens with zero attached hydrogens (tertiary/aromatic N) is 1. The van der Waals surface area contributed by atoms with Crippen LogP contribution >= 0.6 is 12.4 Å². The number of hydrogen-bond donors (Lipinski definition) is 2. The highest BCUT2D eigenvalue weighted by Crippen LogP contribution is 2.31. The fraction of sp³-hybridized carbons (Fsp3) is 0.650. The average Bonchev–Trinajstić information content (AvgIpc) is 2.66. The number of piperidine rings is 1. The number of fused-ring (bicyclic) bond motifs is 1. The zero-order valence-electron chi connectivity index (χ0n) is 15.9. The molecule has 2 atom stereocenters. The summed E-state index contributed by atoms with van der Waals surface area (Å²) in [5.74, 6) is 1.83. The number of nitrogens with one attached hydrogen (secondary N) is 2. The van der Waals surface area contributed by atoms with Crippen LogP contribution in [-0.2, 0) is 4.79 Å². The van der Waals surface area contributed by atoms with Gasteiger partial charge in [0.25, 0.3) is 0 Å². The fourth-order valence-electron chi connectivity index (χ4n) is 3.93. The van der Waals surface area contributed by atoms with E-state index < -0.39 is 0 Å². The Hall–Kier alpha value is -1.30. The van der Waals surface area contributed by atoms with Crippen LogP contribution in [0.15, 0.2) is 24.3 Å². The lowest BCUT2D eigenvalue weighted by atomic mass is 9.92. The first-order valence-corrected chi connectivity index (χ1v) is 9.59. The number of benzene rings is 1. The molecule has 146 valence electrons. The lowest BCUT2D eigenvalue weighted by molar-refractivity contribution is -0.127. The predicted molar refractivity (Wildman–Crippen MR) is 107 cm³/mol. The Morgan fingerprint density at radius 3 is 2.73 bits per heavy atom. The Labute approximate surface area is 163 Å². The lowest BCUT2D eigenvalue weighted by Crippen LogP contribution is -2.49. The zero-order valence-corrected chi connectivity index (χ0v) is 16.7. The molecule has 2 aliphatic rings. The van der Waals surface area contributed by atoms with E-state index in [-0.39, 0.29) is 30.4 Å². The van der Waals surface area contributed by atoms with Crippen LogP contribution in [0.4, 0.5) is 0 Å². The molecule has 5 nitrogen and oxygen atoms in total. The number of ether oxygens (including phenoxy) is 1. The Morgan fingerprint density at radius 2 is 2.00 bits per heavy atom. The van der Waals surface area contributed by atoms with Gasteiger partial charge in [-0.1, -0.05) is 18.2 Å². The van der Waals surface area contributed by atoms with Crippen molar-refractivity contribution in [1.82, 2.24) is 15.5 Å². The molecule has 1 saturated heterocycles. The number of para-hydroxylation sites is 1. The van der Waals surface area contributed by atoms with Crippen LogP contribution in [-0.4, -0.2) is 50.1 Å². The summed E-state index contributed by atoms with van der Waals surface area (Å²) >= 11 is 0. The van der Waals surface area contributed by atoms with Crippen molar-refractivity contribution in [2.45, 2.75) is 44.7 Å². The van der Waals surface area contributed by atoms with Gasteiger partial charge >= 0.3 is 0 Å². The molecule has 2 heterocycles. The van der Waals surface area contributed by atoms with Gasteiger partial charge in [0.2, 0.25) is 5.91 Å². The lowest BCUT2D eigenvalue weighted by Gasteiger charge is -2.36. The molecule has 1 aromatic rings. The minimum atomic E-state index is -0.0692. The SMILES string of the molecule is CNCCC1CCN(C(C)C(=O)NC2CCOc3ccccc32)CC1.Cl. The van der Waals surface area contributed by atoms with Crippen molar-refractivity contribution in [3.8, 4) is 5.75 Å². The van der Waals surface area contributed by atoms with E-state index in [0.29, 0.717) is 6.61 Å². The first kappa shape index (κ1) is 21.0. The molecule has 0 aromatic heterocycles. The van der Waals surface area contributed by atoms with Crippen molar-refractivity contribution < 1.29 is 9.53 Å². The molecule has 1 amide bonds. The molecule has 2 N–H and O–H groups in total. The highest BCUT2D eigenvalue weighted by Gasteiger charge is 2.29. The predicted octanol–water partition coefficient (Wildman–Crippen LogP) is 2.76. The first-order valence-electron chi connectivity index (χ1n) is 9.59.